The summed E-state index contributed by atoms with van der Waals surface area (Å²) in [5.74, 6) is 0. The summed E-state index contributed by atoms with van der Waals surface area (Å²) in [5, 5.41) is 27.0. The predicted octanol–water partition coefficient (Wildman–Crippen LogP) is 4.71. The van der Waals surface area contributed by atoms with E-state index in [1.165, 1.54) is 23.5 Å². The van der Waals surface area contributed by atoms with Crippen LogP contribution in [0.25, 0.3) is 11.3 Å². The fourth-order valence-corrected chi connectivity index (χ4v) is 2.95. The molecule has 0 spiro atoms. The Bertz CT molecular complexity index is 1020. The van der Waals surface area contributed by atoms with E-state index >= 15 is 0 Å². The maximum absolute atomic E-state index is 10.9. The van der Waals surface area contributed by atoms with Crippen molar-refractivity contribution in [1.82, 2.24) is 4.98 Å². The van der Waals surface area contributed by atoms with Gasteiger partial charge in [-0.15, -0.1) is 11.3 Å². The van der Waals surface area contributed by atoms with Crippen molar-refractivity contribution in [3.63, 3.8) is 0 Å². The standard InChI is InChI=1S/C17H10ClN5O2S/c18-12-4-6-13(7-5-12)21-22-15(9-19)17-20-16(10-26-17)11-2-1-3-14(8-11)23(24)25/h1-8,10,21H. The summed E-state index contributed by atoms with van der Waals surface area (Å²) in [7, 11) is 0. The molecule has 0 atom stereocenters. The number of benzene rings is 2. The number of rotatable bonds is 5. The van der Waals surface area contributed by atoms with Crippen LogP contribution in [0.15, 0.2) is 59.0 Å². The molecule has 3 aromatic rings. The van der Waals surface area contributed by atoms with Gasteiger partial charge in [-0.2, -0.15) is 10.4 Å². The first-order valence-corrected chi connectivity index (χ1v) is 8.52. The highest BCUT2D eigenvalue weighted by Gasteiger charge is 2.13. The van der Waals surface area contributed by atoms with Crippen molar-refractivity contribution in [2.75, 3.05) is 5.43 Å². The first-order chi connectivity index (χ1) is 12.6. The van der Waals surface area contributed by atoms with Crippen LogP contribution in [0.1, 0.15) is 5.01 Å². The van der Waals surface area contributed by atoms with Gasteiger partial charge in [-0.05, 0) is 24.3 Å². The first-order valence-electron chi connectivity index (χ1n) is 7.27. The zero-order chi connectivity index (χ0) is 18.5. The molecule has 128 valence electrons. The smallest absolute Gasteiger partial charge is 0.270 e. The van der Waals surface area contributed by atoms with E-state index in [2.05, 4.69) is 15.5 Å². The second-order valence-electron chi connectivity index (χ2n) is 5.04. The van der Waals surface area contributed by atoms with Crippen LogP contribution in [0, 0.1) is 21.4 Å². The molecule has 0 saturated heterocycles. The van der Waals surface area contributed by atoms with Gasteiger partial charge in [0.15, 0.2) is 10.7 Å². The van der Waals surface area contributed by atoms with Gasteiger partial charge in [0.25, 0.3) is 5.69 Å². The maximum Gasteiger partial charge on any atom is 0.270 e. The maximum atomic E-state index is 10.9. The van der Waals surface area contributed by atoms with E-state index in [-0.39, 0.29) is 11.4 Å². The number of anilines is 1. The van der Waals surface area contributed by atoms with Crippen molar-refractivity contribution in [2.24, 2.45) is 5.10 Å². The highest BCUT2D eigenvalue weighted by atomic mass is 35.5. The molecule has 0 aliphatic carbocycles. The molecule has 0 bridgehead atoms. The van der Waals surface area contributed by atoms with Gasteiger partial charge in [0.1, 0.15) is 6.07 Å². The number of hydrogen-bond acceptors (Lipinski definition) is 7. The van der Waals surface area contributed by atoms with Crippen LogP contribution in [0.4, 0.5) is 11.4 Å². The van der Waals surface area contributed by atoms with Crippen molar-refractivity contribution in [3.05, 3.63) is 74.1 Å². The third-order valence-corrected chi connectivity index (χ3v) is 4.41. The molecule has 0 radical (unpaired) electrons. The number of thiazole rings is 1. The lowest BCUT2D eigenvalue weighted by atomic mass is 10.1. The molecule has 3 rings (SSSR count). The first kappa shape index (κ1) is 17.5. The molecule has 1 N–H and O–H groups in total. The minimum Gasteiger partial charge on any atom is -0.277 e. The zero-order valence-electron chi connectivity index (χ0n) is 13.1. The number of nitriles is 1. The monoisotopic (exact) mass is 383 g/mol. The Kier molecular flexibility index (Phi) is 5.22. The van der Waals surface area contributed by atoms with Gasteiger partial charge in [0.2, 0.25) is 0 Å². The molecule has 1 aromatic heterocycles. The Morgan fingerprint density at radius 3 is 2.77 bits per heavy atom. The zero-order valence-corrected chi connectivity index (χ0v) is 14.7. The minimum atomic E-state index is -0.463. The molecular formula is C17H10ClN5O2S. The van der Waals surface area contributed by atoms with Gasteiger partial charge in [0.05, 0.1) is 16.3 Å². The third-order valence-electron chi connectivity index (χ3n) is 3.31. The summed E-state index contributed by atoms with van der Waals surface area (Å²) in [5.41, 5.74) is 4.70. The van der Waals surface area contributed by atoms with E-state index in [1.807, 2.05) is 6.07 Å². The summed E-state index contributed by atoms with van der Waals surface area (Å²) in [6, 6.07) is 15.0. The number of nitro benzene ring substituents is 1. The normalized spacial score (nSPS) is 11.0. The molecule has 1 heterocycles. The second-order valence-corrected chi connectivity index (χ2v) is 6.33. The molecule has 0 saturated carbocycles. The molecule has 9 heteroatoms. The lowest BCUT2D eigenvalue weighted by Crippen LogP contribution is -2.01. The van der Waals surface area contributed by atoms with Crippen LogP contribution in [-0.2, 0) is 0 Å². The van der Waals surface area contributed by atoms with Crippen LogP contribution in [0.5, 0.6) is 0 Å². The van der Waals surface area contributed by atoms with E-state index in [4.69, 9.17) is 11.6 Å². The Morgan fingerprint density at radius 1 is 1.31 bits per heavy atom. The second kappa shape index (κ2) is 7.74. The lowest BCUT2D eigenvalue weighted by molar-refractivity contribution is -0.384. The predicted molar refractivity (Wildman–Crippen MR) is 101 cm³/mol. The molecule has 0 unspecified atom stereocenters. The summed E-state index contributed by atoms with van der Waals surface area (Å²) in [6.45, 7) is 0. The summed E-state index contributed by atoms with van der Waals surface area (Å²) in [6.07, 6.45) is 0. The Labute approximate surface area is 157 Å². The fraction of sp³-hybridized carbons (Fsp3) is 0. The van der Waals surface area contributed by atoms with Gasteiger partial charge < -0.3 is 0 Å². The van der Waals surface area contributed by atoms with Crippen molar-refractivity contribution in [2.45, 2.75) is 0 Å². The van der Waals surface area contributed by atoms with Crippen molar-refractivity contribution in [3.8, 4) is 17.3 Å². The van der Waals surface area contributed by atoms with Crippen LogP contribution >= 0.6 is 22.9 Å². The fourth-order valence-electron chi connectivity index (χ4n) is 2.06. The summed E-state index contributed by atoms with van der Waals surface area (Å²) >= 11 is 7.06. The van der Waals surface area contributed by atoms with Gasteiger partial charge in [-0.25, -0.2) is 4.98 Å². The Balaban J connectivity index is 1.84. The van der Waals surface area contributed by atoms with Gasteiger partial charge in [-0.1, -0.05) is 23.7 Å². The number of nitro groups is 1. The quantitative estimate of drug-likeness (QED) is 0.390. The van der Waals surface area contributed by atoms with Crippen LogP contribution in [-0.4, -0.2) is 15.6 Å². The number of aromatic nitrogens is 1. The third kappa shape index (κ3) is 4.03. The van der Waals surface area contributed by atoms with E-state index in [9.17, 15) is 15.4 Å². The van der Waals surface area contributed by atoms with Gasteiger partial charge >= 0.3 is 0 Å². The number of hydrogen-bond donors (Lipinski definition) is 1. The Morgan fingerprint density at radius 2 is 2.08 bits per heavy atom. The SMILES string of the molecule is N#CC(=NNc1ccc(Cl)cc1)c1nc(-c2cccc([N+](=O)[O-])c2)cs1. The molecule has 0 aliphatic rings. The molecule has 7 nitrogen and oxygen atoms in total. The number of non-ortho nitro benzene ring substituents is 1. The van der Waals surface area contributed by atoms with E-state index in [0.29, 0.717) is 27.0 Å². The van der Waals surface area contributed by atoms with Crippen molar-refractivity contribution < 1.29 is 4.92 Å². The van der Waals surface area contributed by atoms with Crippen LogP contribution in [0.3, 0.4) is 0 Å². The number of halogens is 1. The summed E-state index contributed by atoms with van der Waals surface area (Å²) < 4.78 is 0. The van der Waals surface area contributed by atoms with Crippen molar-refractivity contribution in [1.29, 1.82) is 5.26 Å². The molecule has 26 heavy (non-hydrogen) atoms. The van der Waals surface area contributed by atoms with E-state index in [0.717, 1.165) is 0 Å². The molecule has 2 aromatic carbocycles. The van der Waals surface area contributed by atoms with Crippen molar-refractivity contribution >= 4 is 40.0 Å². The van der Waals surface area contributed by atoms with Gasteiger partial charge in [-0.3, -0.25) is 15.5 Å². The highest BCUT2D eigenvalue weighted by molar-refractivity contribution is 7.12. The molecule has 0 fully saturated rings. The van der Waals surface area contributed by atoms with Gasteiger partial charge in [0, 0.05) is 28.1 Å². The van der Waals surface area contributed by atoms with Crippen LogP contribution < -0.4 is 5.43 Å². The largest absolute Gasteiger partial charge is 0.277 e. The average Bonchev–Trinajstić information content (AvgIpc) is 3.14. The lowest BCUT2D eigenvalue weighted by Gasteiger charge is -2.00. The number of nitrogens with one attached hydrogen (secondary N) is 1. The van der Waals surface area contributed by atoms with Crippen LogP contribution in [0.2, 0.25) is 5.02 Å². The number of hydrazone groups is 1. The topological polar surface area (TPSA) is 104 Å². The average molecular weight is 384 g/mol. The molecular weight excluding hydrogens is 374 g/mol. The highest BCUT2D eigenvalue weighted by Crippen LogP contribution is 2.25. The van der Waals surface area contributed by atoms with E-state index in [1.54, 1.807) is 41.8 Å². The summed E-state index contributed by atoms with van der Waals surface area (Å²) in [4.78, 5) is 14.8. The molecule has 0 aliphatic heterocycles. The minimum absolute atomic E-state index is 0.0179. The van der Waals surface area contributed by atoms with E-state index < -0.39 is 4.92 Å². The molecule has 0 amide bonds. The number of nitrogens with zero attached hydrogens (tertiary/aromatic N) is 4. The Hall–Kier alpha value is -3.28.